The summed E-state index contributed by atoms with van der Waals surface area (Å²) in [6.07, 6.45) is 1.78. The van der Waals surface area contributed by atoms with Gasteiger partial charge < -0.3 is 15.4 Å². The third-order valence-corrected chi connectivity index (χ3v) is 4.02. The Labute approximate surface area is 160 Å². The standard InChI is InChI=1S/C22H24N4O/c1-17-8-7-11-20(14-17)27-21-12-4-3-9-18(21)15-25-22(23-2)26-16-19-10-5-6-13-24-19/h3-14H,15-16H2,1-2H3,(H2,23,25,26). The lowest BCUT2D eigenvalue weighted by atomic mass is 10.2. The molecule has 2 aromatic carbocycles. The number of hydrogen-bond acceptors (Lipinski definition) is 3. The van der Waals surface area contributed by atoms with Gasteiger partial charge in [0.1, 0.15) is 11.5 Å². The number of aromatic nitrogens is 1. The van der Waals surface area contributed by atoms with Crippen LogP contribution in [-0.4, -0.2) is 18.0 Å². The van der Waals surface area contributed by atoms with E-state index in [0.717, 1.165) is 22.8 Å². The molecule has 2 N–H and O–H groups in total. The third kappa shape index (κ3) is 5.57. The largest absolute Gasteiger partial charge is 0.457 e. The van der Waals surface area contributed by atoms with Crippen LogP contribution in [0.5, 0.6) is 11.5 Å². The summed E-state index contributed by atoms with van der Waals surface area (Å²) >= 11 is 0. The van der Waals surface area contributed by atoms with Crippen LogP contribution < -0.4 is 15.4 Å². The number of rotatable bonds is 6. The number of para-hydroxylation sites is 1. The van der Waals surface area contributed by atoms with Gasteiger partial charge in [-0.05, 0) is 42.8 Å². The first-order chi connectivity index (χ1) is 13.2. The number of aryl methyl sites for hydroxylation is 1. The molecule has 27 heavy (non-hydrogen) atoms. The first kappa shape index (κ1) is 18.5. The van der Waals surface area contributed by atoms with Gasteiger partial charge >= 0.3 is 0 Å². The maximum absolute atomic E-state index is 6.08. The Morgan fingerprint density at radius 1 is 0.963 bits per heavy atom. The quantitative estimate of drug-likeness (QED) is 0.514. The SMILES string of the molecule is CN=C(NCc1ccccn1)NCc1ccccc1Oc1cccc(C)c1. The van der Waals surface area contributed by atoms with E-state index in [2.05, 4.69) is 33.6 Å². The number of aliphatic imine (C=N–C) groups is 1. The molecule has 0 radical (unpaired) electrons. The number of nitrogens with zero attached hydrogens (tertiary/aromatic N) is 2. The Balaban J connectivity index is 1.61. The van der Waals surface area contributed by atoms with Crippen LogP contribution in [0.2, 0.25) is 0 Å². The molecule has 1 heterocycles. The maximum atomic E-state index is 6.08. The molecule has 5 heteroatoms. The van der Waals surface area contributed by atoms with Crippen molar-refractivity contribution in [2.75, 3.05) is 7.05 Å². The highest BCUT2D eigenvalue weighted by Gasteiger charge is 2.06. The first-order valence-corrected chi connectivity index (χ1v) is 8.91. The Morgan fingerprint density at radius 3 is 2.56 bits per heavy atom. The van der Waals surface area contributed by atoms with Crippen LogP contribution in [0.15, 0.2) is 77.9 Å². The highest BCUT2D eigenvalue weighted by molar-refractivity contribution is 5.79. The number of guanidine groups is 1. The van der Waals surface area contributed by atoms with E-state index < -0.39 is 0 Å². The fourth-order valence-corrected chi connectivity index (χ4v) is 2.63. The molecule has 0 aliphatic rings. The number of pyridine rings is 1. The predicted octanol–water partition coefficient (Wildman–Crippen LogP) is 4.05. The highest BCUT2D eigenvalue weighted by atomic mass is 16.5. The zero-order chi connectivity index (χ0) is 18.9. The van der Waals surface area contributed by atoms with Crippen molar-refractivity contribution < 1.29 is 4.74 Å². The molecule has 5 nitrogen and oxygen atoms in total. The van der Waals surface area contributed by atoms with Gasteiger partial charge in [-0.1, -0.05) is 36.4 Å². The van der Waals surface area contributed by atoms with Crippen molar-refractivity contribution >= 4 is 5.96 Å². The van der Waals surface area contributed by atoms with E-state index >= 15 is 0 Å². The van der Waals surface area contributed by atoms with Crippen molar-refractivity contribution in [3.63, 3.8) is 0 Å². The van der Waals surface area contributed by atoms with Gasteiger partial charge in [0.15, 0.2) is 5.96 Å². The molecule has 0 spiro atoms. The van der Waals surface area contributed by atoms with Crippen molar-refractivity contribution in [1.29, 1.82) is 0 Å². The number of nitrogens with one attached hydrogen (secondary N) is 2. The van der Waals surface area contributed by atoms with Gasteiger partial charge in [-0.25, -0.2) is 0 Å². The Hall–Kier alpha value is -3.34. The van der Waals surface area contributed by atoms with Crippen LogP contribution in [0.4, 0.5) is 0 Å². The van der Waals surface area contributed by atoms with Crippen LogP contribution in [0.1, 0.15) is 16.8 Å². The van der Waals surface area contributed by atoms with Gasteiger partial charge in [0, 0.05) is 25.4 Å². The molecule has 1 aromatic heterocycles. The van der Waals surface area contributed by atoms with Gasteiger partial charge in [-0.2, -0.15) is 0 Å². The smallest absolute Gasteiger partial charge is 0.191 e. The predicted molar refractivity (Wildman–Crippen MR) is 109 cm³/mol. The molecule has 3 rings (SSSR count). The average Bonchev–Trinajstić information content (AvgIpc) is 2.70. The zero-order valence-electron chi connectivity index (χ0n) is 15.6. The molecule has 0 amide bonds. The van der Waals surface area contributed by atoms with Gasteiger partial charge in [0.2, 0.25) is 0 Å². The fraction of sp³-hybridized carbons (Fsp3) is 0.182. The Kier molecular flexibility index (Phi) is 6.41. The van der Waals surface area contributed by atoms with Crippen molar-refractivity contribution in [3.05, 3.63) is 89.7 Å². The molecule has 0 atom stereocenters. The van der Waals surface area contributed by atoms with Crippen LogP contribution in [0, 0.1) is 6.92 Å². The molecule has 0 fully saturated rings. The molecule has 0 aliphatic heterocycles. The maximum Gasteiger partial charge on any atom is 0.191 e. The number of hydrogen-bond donors (Lipinski definition) is 2. The molecule has 0 unspecified atom stereocenters. The molecule has 3 aromatic rings. The van der Waals surface area contributed by atoms with Crippen LogP contribution in [-0.2, 0) is 13.1 Å². The van der Waals surface area contributed by atoms with Crippen molar-refractivity contribution in [3.8, 4) is 11.5 Å². The minimum atomic E-state index is 0.601. The molecular weight excluding hydrogens is 336 g/mol. The summed E-state index contributed by atoms with van der Waals surface area (Å²) in [6.45, 7) is 3.27. The van der Waals surface area contributed by atoms with E-state index in [1.54, 1.807) is 13.2 Å². The monoisotopic (exact) mass is 360 g/mol. The summed E-state index contributed by atoms with van der Waals surface area (Å²) in [6, 6.07) is 21.9. The molecular formula is C22H24N4O. The molecule has 0 bridgehead atoms. The van der Waals surface area contributed by atoms with E-state index in [-0.39, 0.29) is 0 Å². The fourth-order valence-electron chi connectivity index (χ4n) is 2.63. The summed E-state index contributed by atoms with van der Waals surface area (Å²) in [5.41, 5.74) is 3.19. The number of benzene rings is 2. The highest BCUT2D eigenvalue weighted by Crippen LogP contribution is 2.25. The molecule has 0 saturated heterocycles. The lowest BCUT2D eigenvalue weighted by molar-refractivity contribution is 0.475. The lowest BCUT2D eigenvalue weighted by Crippen LogP contribution is -2.36. The first-order valence-electron chi connectivity index (χ1n) is 8.91. The van der Waals surface area contributed by atoms with E-state index in [1.807, 2.05) is 60.7 Å². The lowest BCUT2D eigenvalue weighted by Gasteiger charge is -2.15. The number of ether oxygens (including phenoxy) is 1. The van der Waals surface area contributed by atoms with Crippen LogP contribution >= 0.6 is 0 Å². The Bertz CT molecular complexity index is 894. The van der Waals surface area contributed by atoms with Crippen molar-refractivity contribution in [2.24, 2.45) is 4.99 Å². The molecule has 0 saturated carbocycles. The summed E-state index contributed by atoms with van der Waals surface area (Å²) in [5.74, 6) is 2.38. The van der Waals surface area contributed by atoms with Crippen LogP contribution in [0.3, 0.4) is 0 Å². The third-order valence-electron chi connectivity index (χ3n) is 4.02. The topological polar surface area (TPSA) is 58.5 Å². The summed E-state index contributed by atoms with van der Waals surface area (Å²) in [7, 11) is 1.75. The van der Waals surface area contributed by atoms with E-state index in [1.165, 1.54) is 5.56 Å². The normalized spacial score (nSPS) is 11.1. The van der Waals surface area contributed by atoms with Crippen LogP contribution in [0.25, 0.3) is 0 Å². The van der Waals surface area contributed by atoms with Gasteiger partial charge in [0.25, 0.3) is 0 Å². The van der Waals surface area contributed by atoms with Crippen molar-refractivity contribution in [2.45, 2.75) is 20.0 Å². The molecule has 138 valence electrons. The summed E-state index contributed by atoms with van der Waals surface area (Å²) in [5, 5.41) is 6.59. The second kappa shape index (κ2) is 9.38. The van der Waals surface area contributed by atoms with Crippen molar-refractivity contribution in [1.82, 2.24) is 15.6 Å². The zero-order valence-corrected chi connectivity index (χ0v) is 15.6. The summed E-state index contributed by atoms with van der Waals surface area (Å²) < 4.78 is 6.08. The second-order valence-corrected chi connectivity index (χ2v) is 6.13. The minimum Gasteiger partial charge on any atom is -0.457 e. The van der Waals surface area contributed by atoms with E-state index in [9.17, 15) is 0 Å². The van der Waals surface area contributed by atoms with Gasteiger partial charge in [-0.3, -0.25) is 9.98 Å². The summed E-state index contributed by atoms with van der Waals surface area (Å²) in [4.78, 5) is 8.58. The minimum absolute atomic E-state index is 0.601. The second-order valence-electron chi connectivity index (χ2n) is 6.13. The van der Waals surface area contributed by atoms with Gasteiger partial charge in [-0.15, -0.1) is 0 Å². The average molecular weight is 360 g/mol. The molecule has 0 aliphatic carbocycles. The Morgan fingerprint density at radius 2 is 1.78 bits per heavy atom. The van der Waals surface area contributed by atoms with E-state index in [4.69, 9.17) is 4.74 Å². The van der Waals surface area contributed by atoms with Gasteiger partial charge in [0.05, 0.1) is 12.2 Å². The van der Waals surface area contributed by atoms with E-state index in [0.29, 0.717) is 19.0 Å².